The molecule has 1 rings (SSSR count). The topological polar surface area (TPSA) is 26.0 Å². The van der Waals surface area contributed by atoms with Gasteiger partial charge in [-0.05, 0) is 17.7 Å². The largest absolute Gasteiger partial charge is 0.326 e. The van der Waals surface area contributed by atoms with E-state index >= 15 is 0 Å². The lowest BCUT2D eigenvalue weighted by Crippen LogP contribution is -1.94. The van der Waals surface area contributed by atoms with E-state index in [1.807, 2.05) is 38.1 Å². The molecule has 11 heavy (non-hydrogen) atoms. The van der Waals surface area contributed by atoms with Crippen molar-refractivity contribution in [2.45, 2.75) is 25.3 Å². The summed E-state index contributed by atoms with van der Waals surface area (Å²) in [4.78, 5) is 0.979. The van der Waals surface area contributed by atoms with E-state index in [1.54, 1.807) is 0 Å². The van der Waals surface area contributed by atoms with Crippen molar-refractivity contribution in [2.75, 3.05) is 0 Å². The molecule has 1 nitrogen and oxygen atoms in total. The van der Waals surface area contributed by atoms with Crippen molar-refractivity contribution in [3.63, 3.8) is 0 Å². The van der Waals surface area contributed by atoms with Crippen LogP contribution in [0, 0.1) is 0 Å². The average molecular weight is 169 g/mol. The molecule has 1 aromatic carbocycles. The molecule has 0 saturated heterocycles. The molecular formula is C9H15NS. The molecule has 0 atom stereocenters. The van der Waals surface area contributed by atoms with Crippen molar-refractivity contribution >= 4 is 12.6 Å². The van der Waals surface area contributed by atoms with Crippen LogP contribution in [0.25, 0.3) is 0 Å². The summed E-state index contributed by atoms with van der Waals surface area (Å²) in [7, 11) is 0. The van der Waals surface area contributed by atoms with Gasteiger partial charge in [-0.25, -0.2) is 0 Å². The van der Waals surface area contributed by atoms with Gasteiger partial charge in [0, 0.05) is 11.4 Å². The Balaban J connectivity index is 0.000000461. The van der Waals surface area contributed by atoms with E-state index in [1.165, 1.54) is 0 Å². The number of nitrogens with two attached hydrogens (primary N) is 1. The Morgan fingerprint density at radius 3 is 2.00 bits per heavy atom. The second kappa shape index (κ2) is 6.25. The second-order valence-electron chi connectivity index (χ2n) is 1.87. The molecule has 2 heteroatoms. The van der Waals surface area contributed by atoms with Gasteiger partial charge >= 0.3 is 0 Å². The van der Waals surface area contributed by atoms with E-state index < -0.39 is 0 Å². The molecule has 0 spiro atoms. The maximum absolute atomic E-state index is 5.37. The van der Waals surface area contributed by atoms with Crippen molar-refractivity contribution in [1.82, 2.24) is 0 Å². The number of benzene rings is 1. The van der Waals surface area contributed by atoms with Crippen molar-refractivity contribution in [1.29, 1.82) is 0 Å². The van der Waals surface area contributed by atoms with Crippen LogP contribution in [-0.2, 0) is 6.54 Å². The smallest absolute Gasteiger partial charge is 0.0178 e. The summed E-state index contributed by atoms with van der Waals surface area (Å²) in [6, 6.07) is 7.82. The van der Waals surface area contributed by atoms with Gasteiger partial charge in [0.05, 0.1) is 0 Å². The number of hydrogen-bond acceptors (Lipinski definition) is 2. The first-order valence-electron chi connectivity index (χ1n) is 3.81. The lowest BCUT2D eigenvalue weighted by Gasteiger charge is -1.94. The SMILES string of the molecule is CC.NCc1ccc(S)cc1. The molecule has 0 fully saturated rings. The van der Waals surface area contributed by atoms with Crippen LogP contribution in [0.2, 0.25) is 0 Å². The Morgan fingerprint density at radius 1 is 1.18 bits per heavy atom. The van der Waals surface area contributed by atoms with Crippen molar-refractivity contribution in [3.8, 4) is 0 Å². The van der Waals surface area contributed by atoms with Crippen LogP contribution in [-0.4, -0.2) is 0 Å². The van der Waals surface area contributed by atoms with Gasteiger partial charge in [-0.1, -0.05) is 26.0 Å². The van der Waals surface area contributed by atoms with Crippen LogP contribution in [0.4, 0.5) is 0 Å². The van der Waals surface area contributed by atoms with Gasteiger partial charge in [0.2, 0.25) is 0 Å². The average Bonchev–Trinajstić information content (AvgIpc) is 2.10. The first-order valence-corrected chi connectivity index (χ1v) is 4.25. The van der Waals surface area contributed by atoms with Gasteiger partial charge in [0.1, 0.15) is 0 Å². The molecule has 1 aromatic rings. The van der Waals surface area contributed by atoms with Crippen molar-refractivity contribution in [2.24, 2.45) is 5.73 Å². The summed E-state index contributed by atoms with van der Waals surface area (Å²) >= 11 is 4.13. The molecule has 62 valence electrons. The molecule has 0 bridgehead atoms. The Hall–Kier alpha value is -0.470. The first-order chi connectivity index (χ1) is 5.33. The van der Waals surface area contributed by atoms with E-state index in [0.717, 1.165) is 10.5 Å². The lowest BCUT2D eigenvalue weighted by molar-refractivity contribution is 1.07. The molecule has 0 unspecified atom stereocenters. The Morgan fingerprint density at radius 2 is 1.64 bits per heavy atom. The number of thiol groups is 1. The third-order valence-corrected chi connectivity index (χ3v) is 1.47. The fourth-order valence-electron chi connectivity index (χ4n) is 0.632. The van der Waals surface area contributed by atoms with Crippen LogP contribution >= 0.6 is 12.6 Å². The van der Waals surface area contributed by atoms with Crippen LogP contribution in [0.3, 0.4) is 0 Å². The maximum Gasteiger partial charge on any atom is 0.0178 e. The third kappa shape index (κ3) is 4.06. The minimum Gasteiger partial charge on any atom is -0.326 e. The molecule has 0 aliphatic rings. The monoisotopic (exact) mass is 169 g/mol. The lowest BCUT2D eigenvalue weighted by atomic mass is 10.2. The van der Waals surface area contributed by atoms with E-state index in [-0.39, 0.29) is 0 Å². The minimum atomic E-state index is 0.605. The predicted molar refractivity (Wildman–Crippen MR) is 52.9 cm³/mol. The fraction of sp³-hybridized carbons (Fsp3) is 0.333. The summed E-state index contributed by atoms with van der Waals surface area (Å²) < 4.78 is 0. The third-order valence-electron chi connectivity index (χ3n) is 1.17. The van der Waals surface area contributed by atoms with E-state index in [2.05, 4.69) is 12.6 Å². The van der Waals surface area contributed by atoms with E-state index in [9.17, 15) is 0 Å². The summed E-state index contributed by atoms with van der Waals surface area (Å²) in [6.45, 7) is 4.61. The van der Waals surface area contributed by atoms with Gasteiger partial charge in [0.25, 0.3) is 0 Å². The highest BCUT2D eigenvalue weighted by atomic mass is 32.1. The predicted octanol–water partition coefficient (Wildman–Crippen LogP) is 2.46. The maximum atomic E-state index is 5.37. The summed E-state index contributed by atoms with van der Waals surface area (Å²) in [5.41, 5.74) is 6.52. The van der Waals surface area contributed by atoms with E-state index in [0.29, 0.717) is 6.54 Å². The number of rotatable bonds is 1. The van der Waals surface area contributed by atoms with Gasteiger partial charge < -0.3 is 5.73 Å². The molecule has 0 radical (unpaired) electrons. The van der Waals surface area contributed by atoms with Gasteiger partial charge in [-0.3, -0.25) is 0 Å². The van der Waals surface area contributed by atoms with Crippen LogP contribution in [0.15, 0.2) is 29.2 Å². The normalized spacial score (nSPS) is 8.36. The highest BCUT2D eigenvalue weighted by molar-refractivity contribution is 7.80. The molecule has 0 amide bonds. The van der Waals surface area contributed by atoms with Crippen LogP contribution < -0.4 is 5.73 Å². The molecular weight excluding hydrogens is 154 g/mol. The van der Waals surface area contributed by atoms with Crippen LogP contribution in [0.5, 0.6) is 0 Å². The van der Waals surface area contributed by atoms with Crippen molar-refractivity contribution in [3.05, 3.63) is 29.8 Å². The molecule has 2 N–H and O–H groups in total. The number of hydrogen-bond donors (Lipinski definition) is 2. The van der Waals surface area contributed by atoms with E-state index in [4.69, 9.17) is 5.73 Å². The highest BCUT2D eigenvalue weighted by Gasteiger charge is 1.85. The summed E-state index contributed by atoms with van der Waals surface area (Å²) in [5, 5.41) is 0. The molecule has 0 aliphatic heterocycles. The molecule has 0 aromatic heterocycles. The van der Waals surface area contributed by atoms with Gasteiger partial charge in [-0.2, -0.15) is 0 Å². The van der Waals surface area contributed by atoms with Crippen molar-refractivity contribution < 1.29 is 0 Å². The molecule has 0 heterocycles. The molecule has 0 saturated carbocycles. The first kappa shape index (κ1) is 10.5. The fourth-order valence-corrected chi connectivity index (χ4v) is 0.781. The Kier molecular flexibility index (Phi) is 5.99. The second-order valence-corrected chi connectivity index (χ2v) is 2.39. The Labute approximate surface area is 74.0 Å². The zero-order chi connectivity index (χ0) is 8.69. The quantitative estimate of drug-likeness (QED) is 0.621. The highest BCUT2D eigenvalue weighted by Crippen LogP contribution is 2.06. The zero-order valence-corrected chi connectivity index (χ0v) is 7.94. The van der Waals surface area contributed by atoms with Gasteiger partial charge in [-0.15, -0.1) is 12.6 Å². The molecule has 0 aliphatic carbocycles. The summed E-state index contributed by atoms with van der Waals surface area (Å²) in [6.07, 6.45) is 0. The Bertz CT molecular complexity index is 181. The standard InChI is InChI=1S/C7H9NS.C2H6/c8-5-6-1-3-7(9)4-2-6;1-2/h1-4,9H,5,8H2;1-2H3. The zero-order valence-electron chi connectivity index (χ0n) is 7.04. The van der Waals surface area contributed by atoms with Gasteiger partial charge in [0.15, 0.2) is 0 Å². The summed E-state index contributed by atoms with van der Waals surface area (Å²) in [5.74, 6) is 0. The van der Waals surface area contributed by atoms with Crippen LogP contribution in [0.1, 0.15) is 19.4 Å². The minimum absolute atomic E-state index is 0.605.